The number of rotatable bonds is 3. The first-order valence-electron chi connectivity index (χ1n) is 9.64. The Kier molecular flexibility index (Phi) is 5.27. The van der Waals surface area contributed by atoms with Crippen LogP contribution in [0, 0.1) is 10.8 Å². The first kappa shape index (κ1) is 20.1. The predicted octanol–water partition coefficient (Wildman–Crippen LogP) is 2.86. The standard InChI is InChI=1S/C19H24Cl2N8/c20-12-8-10(14(21)17(24)27-12)15(23)16-18(25)28-13(9-26-16)29-6-4-19(5-7-29)3-1-2-11(19)22/h8-9,11,23H,1-7,22H2,(H2,24,27)(H2,25,28)/t11-/m1/s1. The molecule has 7 N–H and O–H groups in total. The molecule has 154 valence electrons. The summed E-state index contributed by atoms with van der Waals surface area (Å²) < 4.78 is 0. The van der Waals surface area contributed by atoms with E-state index in [1.165, 1.54) is 18.9 Å². The zero-order valence-corrected chi connectivity index (χ0v) is 17.5. The van der Waals surface area contributed by atoms with Crippen LogP contribution in [0.3, 0.4) is 0 Å². The van der Waals surface area contributed by atoms with Gasteiger partial charge in [-0.05, 0) is 37.2 Å². The van der Waals surface area contributed by atoms with E-state index in [4.69, 9.17) is 45.8 Å². The van der Waals surface area contributed by atoms with Crippen molar-refractivity contribution >= 4 is 46.4 Å². The van der Waals surface area contributed by atoms with Gasteiger partial charge in [-0.3, -0.25) is 5.41 Å². The molecule has 0 unspecified atom stereocenters. The van der Waals surface area contributed by atoms with Gasteiger partial charge in [-0.2, -0.15) is 0 Å². The largest absolute Gasteiger partial charge is 0.382 e. The second kappa shape index (κ2) is 7.59. The molecule has 2 aromatic heterocycles. The smallest absolute Gasteiger partial charge is 0.154 e. The molecule has 29 heavy (non-hydrogen) atoms. The summed E-state index contributed by atoms with van der Waals surface area (Å²) in [6.45, 7) is 1.75. The van der Waals surface area contributed by atoms with Gasteiger partial charge >= 0.3 is 0 Å². The number of nitrogens with one attached hydrogen (secondary N) is 1. The van der Waals surface area contributed by atoms with E-state index in [2.05, 4.69) is 19.9 Å². The minimum Gasteiger partial charge on any atom is -0.382 e. The highest BCUT2D eigenvalue weighted by Crippen LogP contribution is 2.45. The van der Waals surface area contributed by atoms with E-state index in [9.17, 15) is 0 Å². The fraction of sp³-hybridized carbons (Fsp3) is 0.474. The minimum atomic E-state index is -0.00271. The van der Waals surface area contributed by atoms with E-state index in [1.807, 2.05) is 0 Å². The van der Waals surface area contributed by atoms with Crippen LogP contribution in [0.25, 0.3) is 0 Å². The molecule has 1 saturated heterocycles. The summed E-state index contributed by atoms with van der Waals surface area (Å²) in [5.41, 5.74) is 19.1. The van der Waals surface area contributed by atoms with Gasteiger partial charge in [-0.25, -0.2) is 15.0 Å². The lowest BCUT2D eigenvalue weighted by Gasteiger charge is -2.42. The summed E-state index contributed by atoms with van der Waals surface area (Å²) in [4.78, 5) is 14.9. The van der Waals surface area contributed by atoms with Gasteiger partial charge in [0.25, 0.3) is 0 Å². The number of hydrogen-bond acceptors (Lipinski definition) is 8. The highest BCUT2D eigenvalue weighted by molar-refractivity contribution is 6.38. The fourth-order valence-electron chi connectivity index (χ4n) is 4.53. The van der Waals surface area contributed by atoms with Crippen molar-refractivity contribution in [3.63, 3.8) is 0 Å². The maximum absolute atomic E-state index is 8.46. The van der Waals surface area contributed by atoms with Crippen LogP contribution in [0.5, 0.6) is 0 Å². The van der Waals surface area contributed by atoms with Crippen LogP contribution in [0.1, 0.15) is 43.4 Å². The molecule has 10 heteroatoms. The SMILES string of the molecule is N=C(c1cc(Cl)nc(N)c1Cl)c1ncc(N2CCC3(CCC[C@H]3N)CC2)nc1N. The van der Waals surface area contributed by atoms with Crippen molar-refractivity contribution < 1.29 is 0 Å². The van der Waals surface area contributed by atoms with Crippen molar-refractivity contribution in [2.24, 2.45) is 11.1 Å². The molecule has 4 rings (SSSR count). The van der Waals surface area contributed by atoms with E-state index >= 15 is 0 Å². The molecule has 2 aromatic rings. The summed E-state index contributed by atoms with van der Waals surface area (Å²) in [6, 6.07) is 1.76. The molecule has 1 spiro atoms. The number of halogens is 2. The Balaban J connectivity index is 1.54. The summed E-state index contributed by atoms with van der Waals surface area (Å²) in [7, 11) is 0. The Labute approximate surface area is 179 Å². The Bertz CT molecular complexity index is 955. The summed E-state index contributed by atoms with van der Waals surface area (Å²) in [5.74, 6) is 0.918. The number of nitrogens with zero attached hydrogens (tertiary/aromatic N) is 4. The zero-order valence-electron chi connectivity index (χ0n) is 16.0. The Morgan fingerprint density at radius 1 is 1.14 bits per heavy atom. The number of piperidine rings is 1. The number of hydrogen-bond donors (Lipinski definition) is 4. The highest BCUT2D eigenvalue weighted by Gasteiger charge is 2.43. The van der Waals surface area contributed by atoms with Crippen LogP contribution in [0.2, 0.25) is 10.2 Å². The van der Waals surface area contributed by atoms with Crippen molar-refractivity contribution in [3.8, 4) is 0 Å². The average Bonchev–Trinajstić information content (AvgIpc) is 3.04. The maximum atomic E-state index is 8.46. The molecule has 1 saturated carbocycles. The van der Waals surface area contributed by atoms with Crippen molar-refractivity contribution in [2.75, 3.05) is 29.5 Å². The number of pyridine rings is 1. The second-order valence-electron chi connectivity index (χ2n) is 7.88. The van der Waals surface area contributed by atoms with Gasteiger partial charge in [0, 0.05) is 24.7 Å². The van der Waals surface area contributed by atoms with Crippen LogP contribution in [0.15, 0.2) is 12.3 Å². The Morgan fingerprint density at radius 2 is 1.86 bits per heavy atom. The lowest BCUT2D eigenvalue weighted by Crippen LogP contribution is -2.47. The zero-order chi connectivity index (χ0) is 20.8. The van der Waals surface area contributed by atoms with Crippen molar-refractivity contribution in [2.45, 2.75) is 38.1 Å². The monoisotopic (exact) mass is 434 g/mol. The van der Waals surface area contributed by atoms with Crippen molar-refractivity contribution in [3.05, 3.63) is 33.7 Å². The summed E-state index contributed by atoms with van der Waals surface area (Å²) in [5, 5.41) is 8.73. The van der Waals surface area contributed by atoms with Gasteiger partial charge in [0.1, 0.15) is 22.5 Å². The van der Waals surface area contributed by atoms with E-state index in [0.29, 0.717) is 17.4 Å². The molecule has 2 fully saturated rings. The Morgan fingerprint density at radius 3 is 2.48 bits per heavy atom. The molecule has 1 aliphatic heterocycles. The van der Waals surface area contributed by atoms with E-state index in [-0.39, 0.29) is 38.6 Å². The van der Waals surface area contributed by atoms with E-state index in [0.717, 1.165) is 32.4 Å². The lowest BCUT2D eigenvalue weighted by atomic mass is 9.74. The first-order chi connectivity index (χ1) is 13.8. The van der Waals surface area contributed by atoms with Crippen LogP contribution in [-0.4, -0.2) is 39.8 Å². The number of aromatic nitrogens is 3. The quantitative estimate of drug-likeness (QED) is 0.429. The van der Waals surface area contributed by atoms with Gasteiger partial charge in [0.05, 0.1) is 16.9 Å². The number of nitrogens with two attached hydrogens (primary N) is 3. The molecule has 0 aromatic carbocycles. The molecule has 1 atom stereocenters. The molecule has 2 aliphatic rings. The maximum Gasteiger partial charge on any atom is 0.154 e. The first-order valence-corrected chi connectivity index (χ1v) is 10.4. The average molecular weight is 435 g/mol. The third-order valence-electron chi connectivity index (χ3n) is 6.30. The molecule has 3 heterocycles. The van der Waals surface area contributed by atoms with Crippen LogP contribution in [-0.2, 0) is 0 Å². The molecule has 0 amide bonds. The number of anilines is 3. The normalized spacial score (nSPS) is 20.9. The summed E-state index contributed by atoms with van der Waals surface area (Å²) in [6.07, 6.45) is 7.30. The second-order valence-corrected chi connectivity index (χ2v) is 8.64. The molecular formula is C19H24Cl2N8. The van der Waals surface area contributed by atoms with Crippen LogP contribution >= 0.6 is 23.2 Å². The van der Waals surface area contributed by atoms with Crippen molar-refractivity contribution in [1.82, 2.24) is 15.0 Å². The Hall–Kier alpha value is -2.16. The van der Waals surface area contributed by atoms with Gasteiger partial charge in [-0.1, -0.05) is 29.6 Å². The predicted molar refractivity (Wildman–Crippen MR) is 117 cm³/mol. The van der Waals surface area contributed by atoms with Gasteiger partial charge in [0.15, 0.2) is 5.82 Å². The van der Waals surface area contributed by atoms with E-state index in [1.54, 1.807) is 6.20 Å². The van der Waals surface area contributed by atoms with E-state index < -0.39 is 0 Å². The summed E-state index contributed by atoms with van der Waals surface area (Å²) >= 11 is 12.1. The highest BCUT2D eigenvalue weighted by atomic mass is 35.5. The topological polar surface area (TPSA) is 144 Å². The number of nitrogen functional groups attached to an aromatic ring is 2. The molecule has 8 nitrogen and oxygen atoms in total. The lowest BCUT2D eigenvalue weighted by molar-refractivity contribution is 0.197. The van der Waals surface area contributed by atoms with Gasteiger partial charge < -0.3 is 22.1 Å². The molecular weight excluding hydrogens is 411 g/mol. The molecule has 0 radical (unpaired) electrons. The minimum absolute atomic E-state index is 0.00271. The van der Waals surface area contributed by atoms with Gasteiger partial charge in [-0.15, -0.1) is 0 Å². The van der Waals surface area contributed by atoms with Crippen LogP contribution < -0.4 is 22.1 Å². The third kappa shape index (κ3) is 3.60. The third-order valence-corrected chi connectivity index (χ3v) is 6.90. The van der Waals surface area contributed by atoms with Crippen LogP contribution in [0.4, 0.5) is 17.5 Å². The molecule has 0 bridgehead atoms. The molecule has 1 aliphatic carbocycles. The van der Waals surface area contributed by atoms with Crippen molar-refractivity contribution in [1.29, 1.82) is 5.41 Å². The van der Waals surface area contributed by atoms with Gasteiger partial charge in [0.2, 0.25) is 0 Å². The fourth-order valence-corrected chi connectivity index (χ4v) is 4.92.